The second kappa shape index (κ2) is 11.2. The lowest BCUT2D eigenvalue weighted by molar-refractivity contribution is -0.119. The van der Waals surface area contributed by atoms with Crippen LogP contribution in [0.4, 0.5) is 5.69 Å². The largest absolute Gasteiger partial charge is 0.457 e. The maximum atomic E-state index is 13.6. The number of benzene rings is 5. The number of anilines is 1. The van der Waals surface area contributed by atoms with Crippen molar-refractivity contribution in [2.24, 2.45) is 0 Å². The summed E-state index contributed by atoms with van der Waals surface area (Å²) in [6.45, 7) is -0.0931. The Kier molecular flexibility index (Phi) is 7.38. The Morgan fingerprint density at radius 3 is 2.03 bits per heavy atom. The zero-order valence-corrected chi connectivity index (χ0v) is 21.3. The van der Waals surface area contributed by atoms with Crippen molar-refractivity contribution >= 4 is 32.4 Å². The summed E-state index contributed by atoms with van der Waals surface area (Å²) in [5.74, 6) is 0.807. The van der Waals surface area contributed by atoms with Crippen LogP contribution in [0.15, 0.2) is 132 Å². The molecule has 0 aliphatic rings. The van der Waals surface area contributed by atoms with Gasteiger partial charge in [-0.3, -0.25) is 9.10 Å². The first-order chi connectivity index (χ1) is 18.5. The Morgan fingerprint density at radius 2 is 1.29 bits per heavy atom. The van der Waals surface area contributed by atoms with Crippen molar-refractivity contribution in [2.75, 3.05) is 10.8 Å². The van der Waals surface area contributed by atoms with Gasteiger partial charge in [0.05, 0.1) is 10.6 Å². The molecule has 0 fully saturated rings. The molecular weight excluding hydrogens is 496 g/mol. The fourth-order valence-electron chi connectivity index (χ4n) is 4.17. The lowest BCUT2D eigenvalue weighted by Gasteiger charge is -2.24. The van der Waals surface area contributed by atoms with Gasteiger partial charge in [0.15, 0.2) is 0 Å². The molecule has 0 radical (unpaired) electrons. The number of hydrogen-bond acceptors (Lipinski definition) is 4. The number of nitrogens with one attached hydrogen (secondary N) is 1. The van der Waals surface area contributed by atoms with Crippen LogP contribution in [0, 0.1) is 0 Å². The highest BCUT2D eigenvalue weighted by Gasteiger charge is 2.27. The van der Waals surface area contributed by atoms with Crippen molar-refractivity contribution in [2.45, 2.75) is 11.4 Å². The molecule has 0 bridgehead atoms. The van der Waals surface area contributed by atoms with Gasteiger partial charge in [-0.1, -0.05) is 78.9 Å². The molecular formula is C31H26N2O4S. The van der Waals surface area contributed by atoms with E-state index < -0.39 is 15.9 Å². The Labute approximate surface area is 222 Å². The third kappa shape index (κ3) is 5.68. The summed E-state index contributed by atoms with van der Waals surface area (Å²) in [6, 6.07) is 37.9. The molecule has 0 atom stereocenters. The van der Waals surface area contributed by atoms with Crippen molar-refractivity contribution in [1.29, 1.82) is 0 Å². The first-order valence-corrected chi connectivity index (χ1v) is 13.6. The molecule has 0 spiro atoms. The molecule has 5 aromatic rings. The normalized spacial score (nSPS) is 11.2. The third-order valence-corrected chi connectivity index (χ3v) is 7.87. The van der Waals surface area contributed by atoms with Crippen LogP contribution in [0.1, 0.15) is 5.56 Å². The van der Waals surface area contributed by atoms with E-state index in [9.17, 15) is 13.2 Å². The number of amides is 1. The number of ether oxygens (including phenoxy) is 1. The second-order valence-electron chi connectivity index (χ2n) is 8.65. The summed E-state index contributed by atoms with van der Waals surface area (Å²) in [4.78, 5) is 13.2. The van der Waals surface area contributed by atoms with Gasteiger partial charge in [0.1, 0.15) is 18.0 Å². The van der Waals surface area contributed by atoms with Gasteiger partial charge < -0.3 is 10.1 Å². The molecule has 0 heterocycles. The van der Waals surface area contributed by atoms with Gasteiger partial charge in [-0.15, -0.1) is 0 Å². The fourth-order valence-corrected chi connectivity index (χ4v) is 5.61. The number of rotatable bonds is 9. The molecule has 190 valence electrons. The van der Waals surface area contributed by atoms with Crippen molar-refractivity contribution in [3.8, 4) is 11.5 Å². The quantitative estimate of drug-likeness (QED) is 0.252. The Morgan fingerprint density at radius 1 is 0.684 bits per heavy atom. The summed E-state index contributed by atoms with van der Waals surface area (Å²) in [6.07, 6.45) is 0. The van der Waals surface area contributed by atoms with Gasteiger partial charge in [-0.05, 0) is 64.9 Å². The maximum absolute atomic E-state index is 13.6. The van der Waals surface area contributed by atoms with Crippen LogP contribution in [0.2, 0.25) is 0 Å². The molecule has 6 nitrogen and oxygen atoms in total. The molecule has 0 aliphatic heterocycles. The van der Waals surface area contributed by atoms with Crippen LogP contribution in [-0.4, -0.2) is 20.9 Å². The van der Waals surface area contributed by atoms with Gasteiger partial charge in [0, 0.05) is 6.54 Å². The number of carbonyl (C=O) groups excluding carboxylic acids is 1. The Hall–Kier alpha value is -4.62. The van der Waals surface area contributed by atoms with E-state index in [0.29, 0.717) is 17.2 Å². The average molecular weight is 523 g/mol. The molecule has 0 aliphatic carbocycles. The maximum Gasteiger partial charge on any atom is 0.264 e. The molecule has 0 saturated carbocycles. The Balaban J connectivity index is 1.38. The number of hydrogen-bond donors (Lipinski definition) is 1. The smallest absolute Gasteiger partial charge is 0.264 e. The minimum atomic E-state index is -4.01. The SMILES string of the molecule is O=C(CN(c1ccc(Oc2ccccc2)cc1)S(=O)(=O)c1ccccc1)NCc1cccc2ccccc12. The van der Waals surface area contributed by atoms with Crippen LogP contribution in [0.3, 0.4) is 0 Å². The minimum absolute atomic E-state index is 0.103. The van der Waals surface area contributed by atoms with Crippen LogP contribution in [-0.2, 0) is 21.4 Å². The van der Waals surface area contributed by atoms with Crippen molar-refractivity contribution in [3.63, 3.8) is 0 Å². The number of nitrogens with zero attached hydrogens (tertiary/aromatic N) is 1. The molecule has 0 saturated heterocycles. The topological polar surface area (TPSA) is 75.7 Å². The van der Waals surface area contributed by atoms with Crippen LogP contribution in [0.25, 0.3) is 10.8 Å². The highest BCUT2D eigenvalue weighted by Crippen LogP contribution is 2.28. The summed E-state index contributed by atoms with van der Waals surface area (Å²) in [5, 5.41) is 5.00. The molecule has 1 N–H and O–H groups in total. The zero-order valence-electron chi connectivity index (χ0n) is 20.5. The standard InChI is InChI=1S/C31H26N2O4S/c34-31(32-22-25-12-9-11-24-10-7-8-17-30(24)25)23-33(38(35,36)29-15-5-2-6-16-29)26-18-20-28(21-19-26)37-27-13-3-1-4-14-27/h1-21H,22-23H2,(H,32,34). The van der Waals surface area contributed by atoms with Gasteiger partial charge in [-0.2, -0.15) is 0 Å². The summed E-state index contributed by atoms with van der Waals surface area (Å²) in [7, 11) is -4.01. The predicted molar refractivity (Wildman–Crippen MR) is 150 cm³/mol. The fraction of sp³-hybridized carbons (Fsp3) is 0.0645. The van der Waals surface area contributed by atoms with Crippen LogP contribution in [0.5, 0.6) is 11.5 Å². The van der Waals surface area contributed by atoms with Crippen LogP contribution >= 0.6 is 0 Å². The van der Waals surface area contributed by atoms with Crippen molar-refractivity contribution in [3.05, 3.63) is 133 Å². The van der Waals surface area contributed by atoms with E-state index in [1.807, 2.05) is 72.8 Å². The second-order valence-corrected chi connectivity index (χ2v) is 10.5. The van der Waals surface area contributed by atoms with Gasteiger partial charge in [-0.25, -0.2) is 8.42 Å². The van der Waals surface area contributed by atoms with E-state index in [0.717, 1.165) is 20.6 Å². The monoisotopic (exact) mass is 522 g/mol. The number of fused-ring (bicyclic) bond motifs is 1. The molecule has 5 rings (SSSR count). The van der Waals surface area contributed by atoms with Gasteiger partial charge in [0.25, 0.3) is 10.0 Å². The van der Waals surface area contributed by atoms with Crippen molar-refractivity contribution < 1.29 is 17.9 Å². The lowest BCUT2D eigenvalue weighted by atomic mass is 10.0. The lowest BCUT2D eigenvalue weighted by Crippen LogP contribution is -2.40. The molecule has 38 heavy (non-hydrogen) atoms. The number of sulfonamides is 1. The third-order valence-electron chi connectivity index (χ3n) is 6.08. The van der Waals surface area contributed by atoms with E-state index in [-0.39, 0.29) is 18.0 Å². The van der Waals surface area contributed by atoms with E-state index in [1.165, 1.54) is 12.1 Å². The average Bonchev–Trinajstić information content (AvgIpc) is 2.96. The first-order valence-electron chi connectivity index (χ1n) is 12.1. The van der Waals surface area contributed by atoms with E-state index in [2.05, 4.69) is 5.32 Å². The zero-order chi connectivity index (χ0) is 26.4. The van der Waals surface area contributed by atoms with Gasteiger partial charge >= 0.3 is 0 Å². The van der Waals surface area contributed by atoms with E-state index in [4.69, 9.17) is 4.74 Å². The van der Waals surface area contributed by atoms with Crippen LogP contribution < -0.4 is 14.4 Å². The van der Waals surface area contributed by atoms with E-state index in [1.54, 1.807) is 42.5 Å². The highest BCUT2D eigenvalue weighted by atomic mass is 32.2. The summed E-state index contributed by atoms with van der Waals surface area (Å²) < 4.78 is 34.2. The molecule has 1 amide bonds. The highest BCUT2D eigenvalue weighted by molar-refractivity contribution is 7.92. The molecule has 0 aromatic heterocycles. The molecule has 5 aromatic carbocycles. The molecule has 7 heteroatoms. The molecule has 0 unspecified atom stereocenters. The predicted octanol–water partition coefficient (Wildman–Crippen LogP) is 6.14. The Bertz CT molecular complexity index is 1630. The summed E-state index contributed by atoms with van der Waals surface area (Å²) >= 11 is 0. The minimum Gasteiger partial charge on any atom is -0.457 e. The van der Waals surface area contributed by atoms with Crippen molar-refractivity contribution in [1.82, 2.24) is 5.32 Å². The number of para-hydroxylation sites is 1. The van der Waals surface area contributed by atoms with Gasteiger partial charge in [0.2, 0.25) is 5.91 Å². The number of carbonyl (C=O) groups is 1. The first kappa shape index (κ1) is 25.0. The van der Waals surface area contributed by atoms with E-state index >= 15 is 0 Å². The summed E-state index contributed by atoms with van der Waals surface area (Å²) in [5.41, 5.74) is 1.31.